The van der Waals surface area contributed by atoms with Gasteiger partial charge in [-0.15, -0.1) is 0 Å². The summed E-state index contributed by atoms with van der Waals surface area (Å²) in [4.78, 5) is 4.59. The Morgan fingerprint density at radius 1 is 1.50 bits per heavy atom. The highest BCUT2D eigenvalue weighted by molar-refractivity contribution is 5.38. The van der Waals surface area contributed by atoms with Crippen LogP contribution in [0.4, 0.5) is 0 Å². The highest BCUT2D eigenvalue weighted by atomic mass is 16.6. The zero-order valence-electron chi connectivity index (χ0n) is 8.62. The Morgan fingerprint density at radius 3 is 3.14 bits per heavy atom. The summed E-state index contributed by atoms with van der Waals surface area (Å²) in [7, 11) is 0. The molecule has 0 spiro atoms. The Labute approximate surface area is 85.0 Å². The van der Waals surface area contributed by atoms with Gasteiger partial charge in [0.25, 0.3) is 0 Å². The quantitative estimate of drug-likeness (QED) is 0.743. The van der Waals surface area contributed by atoms with Gasteiger partial charge in [0.1, 0.15) is 0 Å². The second kappa shape index (κ2) is 4.11. The van der Waals surface area contributed by atoms with Gasteiger partial charge in [-0.2, -0.15) is 0 Å². The van der Waals surface area contributed by atoms with Gasteiger partial charge in [0, 0.05) is 0 Å². The van der Waals surface area contributed by atoms with E-state index in [0.29, 0.717) is 6.61 Å². The summed E-state index contributed by atoms with van der Waals surface area (Å²) >= 11 is 0. The molecule has 14 heavy (non-hydrogen) atoms. The molecule has 0 aromatic heterocycles. The highest BCUT2D eigenvalue weighted by Crippen LogP contribution is 2.33. The average molecular weight is 191 g/mol. The lowest BCUT2D eigenvalue weighted by molar-refractivity contribution is 0.141. The topological polar surface area (TPSA) is 35.2 Å². The Bertz CT molecular complexity index is 322. The van der Waals surface area contributed by atoms with Crippen LogP contribution in [0.2, 0.25) is 0 Å². The van der Waals surface area contributed by atoms with Gasteiger partial charge in [-0.25, -0.2) is 5.90 Å². The molecule has 1 aromatic carbocycles. The van der Waals surface area contributed by atoms with Crippen LogP contribution in [0.3, 0.4) is 0 Å². The minimum absolute atomic E-state index is 0.604. The summed E-state index contributed by atoms with van der Waals surface area (Å²) < 4.78 is 0. The zero-order chi connectivity index (χ0) is 9.97. The number of aryl methyl sites for hydroxylation is 1. The van der Waals surface area contributed by atoms with Crippen LogP contribution < -0.4 is 5.90 Å². The zero-order valence-corrected chi connectivity index (χ0v) is 8.62. The second-order valence-electron chi connectivity index (χ2n) is 4.09. The van der Waals surface area contributed by atoms with Crippen molar-refractivity contribution in [2.45, 2.75) is 32.1 Å². The van der Waals surface area contributed by atoms with E-state index in [1.54, 1.807) is 0 Å². The molecule has 0 radical (unpaired) electrons. The first-order chi connectivity index (χ1) is 6.81. The lowest BCUT2D eigenvalue weighted by Crippen LogP contribution is -2.04. The standard InChI is InChI=1S/C12H17NO/c1-9-2-4-11-5-3-10(6-7-14-13)8-12(9)11/h3,5,8-9H,2,4,6-7,13H2,1H3. The minimum Gasteiger partial charge on any atom is -0.304 e. The van der Waals surface area contributed by atoms with Crippen LogP contribution in [-0.2, 0) is 17.7 Å². The van der Waals surface area contributed by atoms with E-state index >= 15 is 0 Å². The van der Waals surface area contributed by atoms with Crippen molar-refractivity contribution in [3.8, 4) is 0 Å². The van der Waals surface area contributed by atoms with Crippen molar-refractivity contribution in [1.29, 1.82) is 0 Å². The molecule has 1 aliphatic carbocycles. The number of hydrogen-bond acceptors (Lipinski definition) is 2. The molecule has 2 nitrogen and oxygen atoms in total. The summed E-state index contributed by atoms with van der Waals surface area (Å²) in [6, 6.07) is 6.76. The summed E-state index contributed by atoms with van der Waals surface area (Å²) in [6.45, 7) is 2.90. The van der Waals surface area contributed by atoms with Gasteiger partial charge < -0.3 is 4.84 Å². The van der Waals surface area contributed by atoms with E-state index < -0.39 is 0 Å². The molecule has 0 aliphatic heterocycles. The van der Waals surface area contributed by atoms with Crippen LogP contribution >= 0.6 is 0 Å². The van der Waals surface area contributed by atoms with Crippen LogP contribution in [0, 0.1) is 0 Å². The Hall–Kier alpha value is -0.860. The van der Waals surface area contributed by atoms with E-state index in [1.165, 1.54) is 29.5 Å². The number of hydrogen-bond donors (Lipinski definition) is 1. The maximum atomic E-state index is 5.02. The van der Waals surface area contributed by atoms with Gasteiger partial charge in [-0.3, -0.25) is 0 Å². The lowest BCUT2D eigenvalue weighted by atomic mass is 10.00. The molecule has 2 N–H and O–H groups in total. The Balaban J connectivity index is 2.17. The van der Waals surface area contributed by atoms with E-state index in [1.807, 2.05) is 0 Å². The van der Waals surface area contributed by atoms with Gasteiger partial charge in [-0.05, 0) is 41.9 Å². The third kappa shape index (κ3) is 1.81. The van der Waals surface area contributed by atoms with Gasteiger partial charge >= 0.3 is 0 Å². The van der Waals surface area contributed by atoms with Gasteiger partial charge in [-0.1, -0.05) is 25.1 Å². The van der Waals surface area contributed by atoms with Crippen molar-refractivity contribution in [2.24, 2.45) is 5.90 Å². The summed E-state index contributed by atoms with van der Waals surface area (Å²) in [5.41, 5.74) is 4.39. The average Bonchev–Trinajstić information content (AvgIpc) is 2.57. The molecule has 0 fully saturated rings. The number of nitrogens with two attached hydrogens (primary N) is 1. The first-order valence-corrected chi connectivity index (χ1v) is 5.24. The van der Waals surface area contributed by atoms with Crippen LogP contribution in [0.1, 0.15) is 36.0 Å². The largest absolute Gasteiger partial charge is 0.304 e. The van der Waals surface area contributed by atoms with Crippen LogP contribution in [0.15, 0.2) is 18.2 Å². The molecular formula is C12H17NO. The van der Waals surface area contributed by atoms with Crippen molar-refractivity contribution in [3.05, 3.63) is 34.9 Å². The number of rotatable bonds is 3. The first-order valence-electron chi connectivity index (χ1n) is 5.24. The molecule has 0 saturated carbocycles. The molecule has 76 valence electrons. The molecule has 0 heterocycles. The normalized spacial score (nSPS) is 19.7. The van der Waals surface area contributed by atoms with E-state index in [0.717, 1.165) is 12.3 Å². The Kier molecular flexibility index (Phi) is 2.85. The van der Waals surface area contributed by atoms with Crippen molar-refractivity contribution in [3.63, 3.8) is 0 Å². The third-order valence-electron chi connectivity index (χ3n) is 3.10. The molecular weight excluding hydrogens is 174 g/mol. The van der Waals surface area contributed by atoms with Crippen LogP contribution in [-0.4, -0.2) is 6.61 Å². The minimum atomic E-state index is 0.604. The van der Waals surface area contributed by atoms with Gasteiger partial charge in [0.2, 0.25) is 0 Å². The molecule has 0 saturated heterocycles. The van der Waals surface area contributed by atoms with Crippen LogP contribution in [0.25, 0.3) is 0 Å². The van der Waals surface area contributed by atoms with Crippen molar-refractivity contribution in [2.75, 3.05) is 6.61 Å². The predicted molar refractivity (Wildman–Crippen MR) is 57.0 cm³/mol. The summed E-state index contributed by atoms with van der Waals surface area (Å²) in [5, 5.41) is 0. The monoisotopic (exact) mass is 191 g/mol. The predicted octanol–water partition coefficient (Wildman–Crippen LogP) is 2.17. The smallest absolute Gasteiger partial charge is 0.0719 e. The third-order valence-corrected chi connectivity index (χ3v) is 3.10. The first kappa shape index (κ1) is 9.69. The van der Waals surface area contributed by atoms with E-state index in [-0.39, 0.29) is 0 Å². The van der Waals surface area contributed by atoms with E-state index in [2.05, 4.69) is 30.0 Å². The lowest BCUT2D eigenvalue weighted by Gasteiger charge is -2.07. The van der Waals surface area contributed by atoms with E-state index in [4.69, 9.17) is 5.90 Å². The molecule has 2 rings (SSSR count). The molecule has 0 amide bonds. The van der Waals surface area contributed by atoms with Crippen LogP contribution in [0.5, 0.6) is 0 Å². The molecule has 2 heteroatoms. The highest BCUT2D eigenvalue weighted by Gasteiger charge is 2.18. The SMILES string of the molecule is CC1CCc2ccc(CCON)cc21. The summed E-state index contributed by atoms with van der Waals surface area (Å²) in [6.07, 6.45) is 3.45. The van der Waals surface area contributed by atoms with Crippen molar-refractivity contribution < 1.29 is 4.84 Å². The maximum Gasteiger partial charge on any atom is 0.0719 e. The fourth-order valence-electron chi connectivity index (χ4n) is 2.19. The molecule has 1 unspecified atom stereocenters. The second-order valence-corrected chi connectivity index (χ2v) is 4.09. The number of benzene rings is 1. The molecule has 0 bridgehead atoms. The van der Waals surface area contributed by atoms with Gasteiger partial charge in [0.05, 0.1) is 6.61 Å². The summed E-state index contributed by atoms with van der Waals surface area (Å²) in [5.74, 6) is 5.74. The molecule has 1 aliphatic rings. The fourth-order valence-corrected chi connectivity index (χ4v) is 2.19. The number of fused-ring (bicyclic) bond motifs is 1. The molecule has 1 aromatic rings. The van der Waals surface area contributed by atoms with Crippen molar-refractivity contribution >= 4 is 0 Å². The fraction of sp³-hybridized carbons (Fsp3) is 0.500. The van der Waals surface area contributed by atoms with E-state index in [9.17, 15) is 0 Å². The van der Waals surface area contributed by atoms with Gasteiger partial charge in [0.15, 0.2) is 0 Å². The maximum absolute atomic E-state index is 5.02. The molecule has 1 atom stereocenters. The Morgan fingerprint density at radius 2 is 2.36 bits per heavy atom. The van der Waals surface area contributed by atoms with Crippen molar-refractivity contribution in [1.82, 2.24) is 0 Å².